The molecule has 3 nitrogen and oxygen atoms in total. The van der Waals surface area contributed by atoms with Crippen LogP contribution in [0.5, 0.6) is 11.5 Å². The molecule has 0 aliphatic carbocycles. The quantitative estimate of drug-likeness (QED) is 0.787. The number of aliphatic imine (C=N–C) groups is 1. The highest BCUT2D eigenvalue weighted by molar-refractivity contribution is 5.89. The predicted molar refractivity (Wildman–Crippen MR) is 92.1 cm³/mol. The first-order chi connectivity index (χ1) is 10.7. The number of phenolic OH excluding ortho intramolecular Hbond substituents is 1. The number of rotatable bonds is 6. The van der Waals surface area contributed by atoms with Gasteiger partial charge in [0.05, 0.1) is 7.11 Å². The van der Waals surface area contributed by atoms with E-state index in [-0.39, 0.29) is 11.8 Å². The fourth-order valence-electron chi connectivity index (χ4n) is 2.37. The zero-order valence-electron chi connectivity index (χ0n) is 13.4. The Labute approximate surface area is 132 Å². The highest BCUT2D eigenvalue weighted by atomic mass is 16.5. The molecular formula is C19H23NO2. The minimum Gasteiger partial charge on any atom is -0.507 e. The van der Waals surface area contributed by atoms with Crippen LogP contribution in [0.2, 0.25) is 0 Å². The van der Waals surface area contributed by atoms with E-state index in [2.05, 4.69) is 18.8 Å². The molecule has 0 saturated heterocycles. The van der Waals surface area contributed by atoms with E-state index in [4.69, 9.17) is 4.74 Å². The SMILES string of the molecule is CCC(CC)N=Cc1cc(OC)cc(-c2ccccc2)c1O. The zero-order chi connectivity index (χ0) is 15.9. The van der Waals surface area contributed by atoms with Gasteiger partial charge >= 0.3 is 0 Å². The minimum atomic E-state index is 0.238. The third-order valence-electron chi connectivity index (χ3n) is 3.80. The number of hydrogen-bond acceptors (Lipinski definition) is 3. The second-order valence-electron chi connectivity index (χ2n) is 5.23. The lowest BCUT2D eigenvalue weighted by atomic mass is 10.0. The van der Waals surface area contributed by atoms with E-state index in [9.17, 15) is 5.11 Å². The van der Waals surface area contributed by atoms with E-state index in [1.807, 2.05) is 42.5 Å². The van der Waals surface area contributed by atoms with Crippen LogP contribution >= 0.6 is 0 Å². The van der Waals surface area contributed by atoms with Gasteiger partial charge in [0, 0.05) is 23.4 Å². The summed E-state index contributed by atoms with van der Waals surface area (Å²) in [6.45, 7) is 4.23. The topological polar surface area (TPSA) is 41.8 Å². The molecule has 0 fully saturated rings. The zero-order valence-corrected chi connectivity index (χ0v) is 13.4. The van der Waals surface area contributed by atoms with Crippen LogP contribution in [0.4, 0.5) is 0 Å². The van der Waals surface area contributed by atoms with E-state index in [1.165, 1.54) is 0 Å². The Morgan fingerprint density at radius 1 is 1.14 bits per heavy atom. The van der Waals surface area contributed by atoms with Crippen molar-refractivity contribution in [2.75, 3.05) is 7.11 Å². The number of nitrogens with zero attached hydrogens (tertiary/aromatic N) is 1. The average molecular weight is 297 g/mol. The summed E-state index contributed by atoms with van der Waals surface area (Å²) in [6.07, 6.45) is 3.73. The Kier molecular flexibility index (Phi) is 5.59. The molecule has 0 amide bonds. The van der Waals surface area contributed by atoms with Crippen LogP contribution < -0.4 is 4.74 Å². The van der Waals surface area contributed by atoms with Crippen molar-refractivity contribution in [2.45, 2.75) is 32.7 Å². The van der Waals surface area contributed by atoms with Crippen LogP contribution in [-0.4, -0.2) is 24.5 Å². The highest BCUT2D eigenvalue weighted by Crippen LogP contribution is 2.35. The Hall–Kier alpha value is -2.29. The third-order valence-corrected chi connectivity index (χ3v) is 3.80. The molecule has 22 heavy (non-hydrogen) atoms. The molecule has 0 bridgehead atoms. The molecule has 0 aromatic heterocycles. The van der Waals surface area contributed by atoms with Crippen LogP contribution in [0.1, 0.15) is 32.3 Å². The maximum atomic E-state index is 10.6. The van der Waals surface area contributed by atoms with Crippen LogP contribution in [0.25, 0.3) is 11.1 Å². The molecule has 0 heterocycles. The third kappa shape index (κ3) is 3.67. The molecule has 0 atom stereocenters. The summed E-state index contributed by atoms with van der Waals surface area (Å²) >= 11 is 0. The molecule has 0 aliphatic heterocycles. The predicted octanol–water partition coefficient (Wildman–Crippen LogP) is 4.68. The largest absolute Gasteiger partial charge is 0.507 e. The molecular weight excluding hydrogens is 274 g/mol. The summed E-state index contributed by atoms with van der Waals surface area (Å²) in [5.74, 6) is 0.948. The van der Waals surface area contributed by atoms with Gasteiger partial charge in [0.2, 0.25) is 0 Å². The summed E-state index contributed by atoms with van der Waals surface area (Å²) in [6, 6.07) is 13.7. The van der Waals surface area contributed by atoms with Gasteiger partial charge in [0.25, 0.3) is 0 Å². The van der Waals surface area contributed by atoms with Crippen LogP contribution in [0.3, 0.4) is 0 Å². The number of benzene rings is 2. The number of hydrogen-bond donors (Lipinski definition) is 1. The van der Waals surface area contributed by atoms with Crippen molar-refractivity contribution in [3.05, 3.63) is 48.0 Å². The van der Waals surface area contributed by atoms with E-state index in [0.717, 1.165) is 24.0 Å². The fraction of sp³-hybridized carbons (Fsp3) is 0.316. The number of ether oxygens (including phenoxy) is 1. The molecule has 0 aliphatic rings. The Balaban J connectivity index is 2.47. The van der Waals surface area contributed by atoms with E-state index in [1.54, 1.807) is 13.3 Å². The van der Waals surface area contributed by atoms with Gasteiger partial charge in [-0.1, -0.05) is 44.2 Å². The second kappa shape index (κ2) is 7.64. The molecule has 2 rings (SSSR count). The standard InChI is InChI=1S/C19H23NO2/c1-4-16(5-2)20-13-15-11-17(22-3)12-18(19(15)21)14-9-7-6-8-10-14/h6-13,16,21H,4-5H2,1-3H3. The molecule has 116 valence electrons. The van der Waals surface area contributed by atoms with Gasteiger partial charge in [-0.2, -0.15) is 0 Å². The van der Waals surface area contributed by atoms with Crippen molar-refractivity contribution in [2.24, 2.45) is 4.99 Å². The lowest BCUT2D eigenvalue weighted by Gasteiger charge is -2.11. The molecule has 1 N–H and O–H groups in total. The lowest BCUT2D eigenvalue weighted by molar-refractivity contribution is 0.412. The summed E-state index contributed by atoms with van der Waals surface area (Å²) in [7, 11) is 1.63. The molecule has 2 aromatic rings. The van der Waals surface area contributed by atoms with Crippen LogP contribution in [0, 0.1) is 0 Å². The van der Waals surface area contributed by atoms with Crippen LogP contribution in [0.15, 0.2) is 47.5 Å². The van der Waals surface area contributed by atoms with Gasteiger partial charge in [0.1, 0.15) is 11.5 Å². The minimum absolute atomic E-state index is 0.238. The fourth-order valence-corrected chi connectivity index (χ4v) is 2.37. The Bertz CT molecular complexity index is 631. The summed E-state index contributed by atoms with van der Waals surface area (Å²) in [5, 5.41) is 10.6. The first kappa shape index (κ1) is 16.1. The van der Waals surface area contributed by atoms with Gasteiger partial charge in [-0.3, -0.25) is 4.99 Å². The molecule has 2 aromatic carbocycles. The Morgan fingerprint density at radius 3 is 2.41 bits per heavy atom. The summed E-state index contributed by atoms with van der Waals surface area (Å²) in [5.41, 5.74) is 2.40. The molecule has 3 heteroatoms. The van der Waals surface area contributed by atoms with Crippen LogP contribution in [-0.2, 0) is 0 Å². The summed E-state index contributed by atoms with van der Waals surface area (Å²) in [4.78, 5) is 4.56. The van der Waals surface area contributed by atoms with Gasteiger partial charge in [-0.05, 0) is 30.5 Å². The smallest absolute Gasteiger partial charge is 0.132 e. The van der Waals surface area contributed by atoms with E-state index < -0.39 is 0 Å². The first-order valence-corrected chi connectivity index (χ1v) is 7.69. The molecule has 0 radical (unpaired) electrons. The van der Waals surface area contributed by atoms with E-state index >= 15 is 0 Å². The number of phenols is 1. The number of methoxy groups -OCH3 is 1. The van der Waals surface area contributed by atoms with Gasteiger partial charge in [-0.25, -0.2) is 0 Å². The van der Waals surface area contributed by atoms with Crippen molar-refractivity contribution < 1.29 is 9.84 Å². The van der Waals surface area contributed by atoms with Crippen molar-refractivity contribution >= 4 is 6.21 Å². The maximum absolute atomic E-state index is 10.6. The maximum Gasteiger partial charge on any atom is 0.132 e. The van der Waals surface area contributed by atoms with Crippen molar-refractivity contribution in [1.82, 2.24) is 0 Å². The Morgan fingerprint density at radius 2 is 1.82 bits per heavy atom. The summed E-state index contributed by atoms with van der Waals surface area (Å²) < 4.78 is 5.36. The van der Waals surface area contributed by atoms with Gasteiger partial charge in [-0.15, -0.1) is 0 Å². The normalized spacial score (nSPS) is 11.3. The van der Waals surface area contributed by atoms with Crippen molar-refractivity contribution in [3.63, 3.8) is 0 Å². The first-order valence-electron chi connectivity index (χ1n) is 7.69. The molecule has 0 saturated carbocycles. The lowest BCUT2D eigenvalue weighted by Crippen LogP contribution is -2.01. The second-order valence-corrected chi connectivity index (χ2v) is 5.23. The van der Waals surface area contributed by atoms with E-state index in [0.29, 0.717) is 11.3 Å². The molecule has 0 unspecified atom stereocenters. The van der Waals surface area contributed by atoms with Crippen molar-refractivity contribution in [1.29, 1.82) is 0 Å². The van der Waals surface area contributed by atoms with Gasteiger partial charge in [0.15, 0.2) is 0 Å². The molecule has 0 spiro atoms. The van der Waals surface area contributed by atoms with Crippen molar-refractivity contribution in [3.8, 4) is 22.6 Å². The monoisotopic (exact) mass is 297 g/mol. The average Bonchev–Trinajstić information content (AvgIpc) is 2.57. The number of aromatic hydroxyl groups is 1. The van der Waals surface area contributed by atoms with Gasteiger partial charge < -0.3 is 9.84 Å². The highest BCUT2D eigenvalue weighted by Gasteiger charge is 2.11.